The van der Waals surface area contributed by atoms with Gasteiger partial charge in [-0.2, -0.15) is 0 Å². The number of alkyl halides is 1. The molecule has 0 spiro atoms. The molecule has 13 heavy (non-hydrogen) atoms. The van der Waals surface area contributed by atoms with Gasteiger partial charge in [0, 0.05) is 6.61 Å². The molecule has 72 valence electrons. The minimum atomic E-state index is -0.234. The average Bonchev–Trinajstić information content (AvgIpc) is 2.75. The standard InChI is InChI=1S/C8H11ClN2O2/c1-5(9)7-10-11-8(13-7)6-3-2-4-12-6/h5-6H,2-4H2,1H3. The van der Waals surface area contributed by atoms with Gasteiger partial charge in [-0.25, -0.2) is 0 Å². The lowest BCUT2D eigenvalue weighted by molar-refractivity contribution is 0.0881. The van der Waals surface area contributed by atoms with Gasteiger partial charge in [0.15, 0.2) is 0 Å². The zero-order valence-electron chi connectivity index (χ0n) is 7.36. The smallest absolute Gasteiger partial charge is 0.245 e. The first-order valence-electron chi connectivity index (χ1n) is 4.36. The van der Waals surface area contributed by atoms with E-state index in [0.717, 1.165) is 19.4 Å². The van der Waals surface area contributed by atoms with E-state index in [1.165, 1.54) is 0 Å². The maximum absolute atomic E-state index is 5.79. The summed E-state index contributed by atoms with van der Waals surface area (Å²) < 4.78 is 10.7. The Morgan fingerprint density at radius 2 is 2.38 bits per heavy atom. The van der Waals surface area contributed by atoms with Crippen molar-refractivity contribution in [1.29, 1.82) is 0 Å². The molecule has 0 N–H and O–H groups in total. The lowest BCUT2D eigenvalue weighted by Crippen LogP contribution is -1.95. The van der Waals surface area contributed by atoms with Crippen LogP contribution in [0.1, 0.15) is 43.0 Å². The Kier molecular flexibility index (Phi) is 2.51. The van der Waals surface area contributed by atoms with Gasteiger partial charge in [0.25, 0.3) is 0 Å². The van der Waals surface area contributed by atoms with Crippen LogP contribution in [0.2, 0.25) is 0 Å². The van der Waals surface area contributed by atoms with Gasteiger partial charge in [-0.15, -0.1) is 21.8 Å². The molecule has 0 radical (unpaired) electrons. The molecular formula is C8H11ClN2O2. The van der Waals surface area contributed by atoms with Crippen LogP contribution in [0, 0.1) is 0 Å². The molecule has 1 aliphatic rings. The van der Waals surface area contributed by atoms with Gasteiger partial charge in [-0.05, 0) is 19.8 Å². The maximum Gasteiger partial charge on any atom is 0.245 e. The number of nitrogens with zero attached hydrogens (tertiary/aromatic N) is 2. The number of hydrogen-bond acceptors (Lipinski definition) is 4. The van der Waals surface area contributed by atoms with Gasteiger partial charge in [0.1, 0.15) is 11.5 Å². The Morgan fingerprint density at radius 3 is 2.92 bits per heavy atom. The van der Waals surface area contributed by atoms with Crippen molar-refractivity contribution in [3.05, 3.63) is 11.8 Å². The molecule has 1 aromatic heterocycles. The van der Waals surface area contributed by atoms with E-state index in [1.54, 1.807) is 6.92 Å². The highest BCUT2D eigenvalue weighted by atomic mass is 35.5. The molecule has 5 heteroatoms. The highest BCUT2D eigenvalue weighted by molar-refractivity contribution is 6.20. The Labute approximate surface area is 81.2 Å². The Bertz CT molecular complexity index is 281. The summed E-state index contributed by atoms with van der Waals surface area (Å²) in [6.07, 6.45) is 1.99. The number of hydrogen-bond donors (Lipinski definition) is 0. The van der Waals surface area contributed by atoms with E-state index >= 15 is 0 Å². The predicted octanol–water partition coefficient (Wildman–Crippen LogP) is 2.22. The van der Waals surface area contributed by atoms with Gasteiger partial charge < -0.3 is 9.15 Å². The highest BCUT2D eigenvalue weighted by Crippen LogP contribution is 2.29. The summed E-state index contributed by atoms with van der Waals surface area (Å²) in [6.45, 7) is 2.58. The zero-order chi connectivity index (χ0) is 9.26. The molecule has 1 aromatic rings. The van der Waals surface area contributed by atoms with E-state index in [1.807, 2.05) is 0 Å². The van der Waals surface area contributed by atoms with E-state index in [9.17, 15) is 0 Å². The van der Waals surface area contributed by atoms with Gasteiger partial charge >= 0.3 is 0 Å². The molecule has 0 bridgehead atoms. The first-order valence-corrected chi connectivity index (χ1v) is 4.80. The fourth-order valence-electron chi connectivity index (χ4n) is 1.31. The molecule has 0 aliphatic carbocycles. The molecule has 2 rings (SSSR count). The molecule has 0 aromatic carbocycles. The summed E-state index contributed by atoms with van der Waals surface area (Å²) in [4.78, 5) is 0. The monoisotopic (exact) mass is 202 g/mol. The molecular weight excluding hydrogens is 192 g/mol. The molecule has 0 amide bonds. The largest absolute Gasteiger partial charge is 0.421 e. The van der Waals surface area contributed by atoms with Crippen molar-refractivity contribution >= 4 is 11.6 Å². The highest BCUT2D eigenvalue weighted by Gasteiger charge is 2.24. The topological polar surface area (TPSA) is 48.2 Å². The summed E-state index contributed by atoms with van der Waals surface area (Å²) in [5.41, 5.74) is 0. The van der Waals surface area contributed by atoms with Gasteiger partial charge in [-0.1, -0.05) is 0 Å². The van der Waals surface area contributed by atoms with Crippen LogP contribution in [-0.4, -0.2) is 16.8 Å². The van der Waals surface area contributed by atoms with Crippen molar-refractivity contribution < 1.29 is 9.15 Å². The molecule has 2 heterocycles. The second-order valence-electron chi connectivity index (χ2n) is 3.10. The number of aromatic nitrogens is 2. The second kappa shape index (κ2) is 3.64. The third-order valence-electron chi connectivity index (χ3n) is 2.00. The molecule has 1 aliphatic heterocycles. The third-order valence-corrected chi connectivity index (χ3v) is 2.19. The summed E-state index contributed by atoms with van der Waals surface area (Å²) in [6, 6.07) is 0. The average molecular weight is 203 g/mol. The van der Waals surface area contributed by atoms with Gasteiger partial charge in [0.05, 0.1) is 0 Å². The van der Waals surface area contributed by atoms with Crippen molar-refractivity contribution in [3.8, 4) is 0 Å². The minimum absolute atomic E-state index is 0.0170. The van der Waals surface area contributed by atoms with Crippen LogP contribution in [0.15, 0.2) is 4.42 Å². The van der Waals surface area contributed by atoms with E-state index in [-0.39, 0.29) is 11.5 Å². The lowest BCUT2D eigenvalue weighted by atomic mass is 10.2. The maximum atomic E-state index is 5.79. The molecule has 1 saturated heterocycles. The molecule has 1 fully saturated rings. The van der Waals surface area contributed by atoms with Crippen LogP contribution in [0.25, 0.3) is 0 Å². The number of ether oxygens (including phenoxy) is 1. The summed E-state index contributed by atoms with van der Waals surface area (Å²) in [7, 11) is 0. The summed E-state index contributed by atoms with van der Waals surface area (Å²) >= 11 is 5.79. The normalized spacial score (nSPS) is 24.9. The van der Waals surface area contributed by atoms with Crippen molar-refractivity contribution in [3.63, 3.8) is 0 Å². The first-order chi connectivity index (χ1) is 6.27. The van der Waals surface area contributed by atoms with Crippen LogP contribution in [0.4, 0.5) is 0 Å². The van der Waals surface area contributed by atoms with Crippen LogP contribution >= 0.6 is 11.6 Å². The Balaban J connectivity index is 2.12. The summed E-state index contributed by atoms with van der Waals surface area (Å²) in [5, 5.41) is 7.49. The SMILES string of the molecule is CC(Cl)c1nnc(C2CCCO2)o1. The van der Waals surface area contributed by atoms with E-state index < -0.39 is 0 Å². The third kappa shape index (κ3) is 1.84. The van der Waals surface area contributed by atoms with E-state index in [4.69, 9.17) is 20.8 Å². The quantitative estimate of drug-likeness (QED) is 0.690. The molecule has 0 saturated carbocycles. The summed E-state index contributed by atoms with van der Waals surface area (Å²) in [5.74, 6) is 1.02. The van der Waals surface area contributed by atoms with Crippen molar-refractivity contribution in [2.75, 3.05) is 6.61 Å². The van der Waals surface area contributed by atoms with Gasteiger partial charge in [0.2, 0.25) is 11.8 Å². The molecule has 2 unspecified atom stereocenters. The van der Waals surface area contributed by atoms with Crippen LogP contribution < -0.4 is 0 Å². The number of rotatable bonds is 2. The second-order valence-corrected chi connectivity index (χ2v) is 3.75. The van der Waals surface area contributed by atoms with Crippen molar-refractivity contribution in [2.45, 2.75) is 31.2 Å². The fraction of sp³-hybridized carbons (Fsp3) is 0.750. The first kappa shape index (κ1) is 8.97. The van der Waals surface area contributed by atoms with Gasteiger partial charge in [-0.3, -0.25) is 0 Å². The predicted molar refractivity (Wildman–Crippen MR) is 46.5 cm³/mol. The Hall–Kier alpha value is -0.610. The van der Waals surface area contributed by atoms with Crippen LogP contribution in [0.5, 0.6) is 0 Å². The van der Waals surface area contributed by atoms with E-state index in [0.29, 0.717) is 11.8 Å². The Morgan fingerprint density at radius 1 is 1.54 bits per heavy atom. The van der Waals surface area contributed by atoms with Crippen molar-refractivity contribution in [2.24, 2.45) is 0 Å². The van der Waals surface area contributed by atoms with Crippen molar-refractivity contribution in [1.82, 2.24) is 10.2 Å². The van der Waals surface area contributed by atoms with Crippen LogP contribution in [-0.2, 0) is 4.74 Å². The molecule has 2 atom stereocenters. The fourth-order valence-corrected chi connectivity index (χ4v) is 1.40. The lowest BCUT2D eigenvalue weighted by Gasteiger charge is -2.01. The minimum Gasteiger partial charge on any atom is -0.421 e. The number of halogens is 1. The molecule has 4 nitrogen and oxygen atoms in total. The van der Waals surface area contributed by atoms with Crippen LogP contribution in [0.3, 0.4) is 0 Å². The van der Waals surface area contributed by atoms with E-state index in [2.05, 4.69) is 10.2 Å². The zero-order valence-corrected chi connectivity index (χ0v) is 8.12.